The highest BCUT2D eigenvalue weighted by Crippen LogP contribution is 2.21. The molecule has 2 aromatic rings. The SMILES string of the molecule is O=C(NCc1ccccn1)Nc1ccc(O)c(C(=O)O)c1. The zero-order valence-electron chi connectivity index (χ0n) is 10.9. The van der Waals surface area contributed by atoms with E-state index >= 15 is 0 Å². The molecule has 0 aliphatic carbocycles. The fourth-order valence-electron chi connectivity index (χ4n) is 1.63. The van der Waals surface area contributed by atoms with E-state index in [1.165, 1.54) is 18.2 Å². The molecule has 0 radical (unpaired) electrons. The van der Waals surface area contributed by atoms with Crippen molar-refractivity contribution < 1.29 is 19.8 Å². The summed E-state index contributed by atoms with van der Waals surface area (Å²) in [6.45, 7) is 0.247. The molecule has 1 heterocycles. The minimum Gasteiger partial charge on any atom is -0.507 e. The molecule has 2 amide bonds. The Kier molecular flexibility index (Phi) is 4.35. The van der Waals surface area contributed by atoms with Crippen LogP contribution in [0, 0.1) is 0 Å². The maximum atomic E-state index is 11.7. The van der Waals surface area contributed by atoms with Crippen molar-refractivity contribution in [2.24, 2.45) is 0 Å². The number of rotatable bonds is 4. The van der Waals surface area contributed by atoms with E-state index in [0.717, 1.165) is 0 Å². The van der Waals surface area contributed by atoms with Crippen LogP contribution in [0.4, 0.5) is 10.5 Å². The summed E-state index contributed by atoms with van der Waals surface area (Å²) in [6.07, 6.45) is 1.62. The normalized spacial score (nSPS) is 9.90. The first kappa shape index (κ1) is 14.3. The second-order valence-corrected chi connectivity index (χ2v) is 4.17. The number of nitrogens with zero attached hydrogens (tertiary/aromatic N) is 1. The van der Waals surface area contributed by atoms with Crippen LogP contribution in [0.15, 0.2) is 42.6 Å². The van der Waals surface area contributed by atoms with Gasteiger partial charge in [-0.1, -0.05) is 6.07 Å². The van der Waals surface area contributed by atoms with E-state index in [1.807, 2.05) is 0 Å². The minimum atomic E-state index is -1.27. The fourth-order valence-corrected chi connectivity index (χ4v) is 1.63. The molecule has 2 rings (SSSR count). The number of pyridine rings is 1. The van der Waals surface area contributed by atoms with Crippen molar-refractivity contribution in [2.45, 2.75) is 6.54 Å². The van der Waals surface area contributed by atoms with Gasteiger partial charge in [-0.3, -0.25) is 4.98 Å². The van der Waals surface area contributed by atoms with Gasteiger partial charge in [0, 0.05) is 11.9 Å². The smallest absolute Gasteiger partial charge is 0.339 e. The number of phenols is 1. The van der Waals surface area contributed by atoms with Crippen LogP contribution in [-0.4, -0.2) is 27.2 Å². The average molecular weight is 287 g/mol. The van der Waals surface area contributed by atoms with Crippen molar-refractivity contribution >= 4 is 17.7 Å². The van der Waals surface area contributed by atoms with E-state index < -0.39 is 12.0 Å². The molecule has 1 aromatic carbocycles. The Morgan fingerprint density at radius 2 is 2.00 bits per heavy atom. The van der Waals surface area contributed by atoms with Gasteiger partial charge in [-0.15, -0.1) is 0 Å². The van der Waals surface area contributed by atoms with Crippen molar-refractivity contribution in [3.8, 4) is 5.75 Å². The van der Waals surface area contributed by atoms with Crippen molar-refractivity contribution in [3.05, 3.63) is 53.9 Å². The van der Waals surface area contributed by atoms with Crippen LogP contribution < -0.4 is 10.6 Å². The number of hydrogen-bond donors (Lipinski definition) is 4. The Morgan fingerprint density at radius 3 is 2.67 bits per heavy atom. The lowest BCUT2D eigenvalue weighted by atomic mass is 10.2. The standard InChI is InChI=1S/C14H13N3O4/c18-12-5-4-9(7-11(12)13(19)20)17-14(21)16-8-10-3-1-2-6-15-10/h1-7,18H,8H2,(H,19,20)(H2,16,17,21). The van der Waals surface area contributed by atoms with E-state index in [1.54, 1.807) is 24.4 Å². The Bertz CT molecular complexity index is 659. The third-order valence-electron chi connectivity index (χ3n) is 2.64. The van der Waals surface area contributed by atoms with E-state index in [-0.39, 0.29) is 23.5 Å². The van der Waals surface area contributed by atoms with Gasteiger partial charge < -0.3 is 20.8 Å². The second kappa shape index (κ2) is 6.38. The van der Waals surface area contributed by atoms with Crippen LogP contribution in [0.3, 0.4) is 0 Å². The molecule has 0 atom stereocenters. The number of benzene rings is 1. The summed E-state index contributed by atoms with van der Waals surface area (Å²) < 4.78 is 0. The monoisotopic (exact) mass is 287 g/mol. The number of anilines is 1. The van der Waals surface area contributed by atoms with Crippen molar-refractivity contribution in [1.82, 2.24) is 10.3 Å². The first-order valence-corrected chi connectivity index (χ1v) is 6.07. The Hall–Kier alpha value is -3.09. The van der Waals surface area contributed by atoms with Gasteiger partial charge in [0.1, 0.15) is 11.3 Å². The molecular weight excluding hydrogens is 274 g/mol. The molecule has 108 valence electrons. The summed E-state index contributed by atoms with van der Waals surface area (Å²) in [5.41, 5.74) is 0.686. The third kappa shape index (κ3) is 3.93. The van der Waals surface area contributed by atoms with Crippen LogP contribution in [0.1, 0.15) is 16.1 Å². The van der Waals surface area contributed by atoms with E-state index in [4.69, 9.17) is 5.11 Å². The van der Waals surface area contributed by atoms with Gasteiger partial charge in [0.2, 0.25) is 0 Å². The van der Waals surface area contributed by atoms with Gasteiger partial charge in [-0.25, -0.2) is 9.59 Å². The maximum absolute atomic E-state index is 11.7. The number of carboxylic acids is 1. The lowest BCUT2D eigenvalue weighted by Gasteiger charge is -2.08. The topological polar surface area (TPSA) is 112 Å². The van der Waals surface area contributed by atoms with Gasteiger partial charge in [0.15, 0.2) is 0 Å². The lowest BCUT2D eigenvalue weighted by molar-refractivity contribution is 0.0693. The highest BCUT2D eigenvalue weighted by molar-refractivity contribution is 5.95. The number of aromatic carboxylic acids is 1. The average Bonchev–Trinajstić information content (AvgIpc) is 2.48. The molecule has 0 saturated carbocycles. The molecule has 7 heteroatoms. The van der Waals surface area contributed by atoms with Gasteiger partial charge in [-0.05, 0) is 30.3 Å². The molecule has 0 spiro atoms. The van der Waals surface area contributed by atoms with E-state index in [2.05, 4.69) is 15.6 Å². The summed E-state index contributed by atoms with van der Waals surface area (Å²) in [6, 6.07) is 8.64. The molecule has 0 fully saturated rings. The minimum absolute atomic E-state index is 0.247. The van der Waals surface area contributed by atoms with Crippen molar-refractivity contribution in [2.75, 3.05) is 5.32 Å². The molecule has 0 bridgehead atoms. The number of nitrogens with one attached hydrogen (secondary N) is 2. The molecular formula is C14H13N3O4. The number of carboxylic acid groups (broad SMARTS) is 1. The summed E-state index contributed by atoms with van der Waals surface area (Å²) >= 11 is 0. The third-order valence-corrected chi connectivity index (χ3v) is 2.64. The molecule has 0 aliphatic rings. The lowest BCUT2D eigenvalue weighted by Crippen LogP contribution is -2.28. The summed E-state index contributed by atoms with van der Waals surface area (Å²) in [5, 5.41) is 23.3. The van der Waals surface area contributed by atoms with Crippen LogP contribution >= 0.6 is 0 Å². The maximum Gasteiger partial charge on any atom is 0.339 e. The highest BCUT2D eigenvalue weighted by atomic mass is 16.4. The molecule has 0 aliphatic heterocycles. The number of carbonyl (C=O) groups is 2. The van der Waals surface area contributed by atoms with Crippen LogP contribution in [0.25, 0.3) is 0 Å². The van der Waals surface area contributed by atoms with E-state index in [0.29, 0.717) is 5.69 Å². The van der Waals surface area contributed by atoms with Crippen LogP contribution in [0.5, 0.6) is 5.75 Å². The Labute approximate surface area is 120 Å². The number of urea groups is 1. The molecule has 21 heavy (non-hydrogen) atoms. The summed E-state index contributed by atoms with van der Waals surface area (Å²) in [7, 11) is 0. The first-order valence-electron chi connectivity index (χ1n) is 6.07. The molecule has 4 N–H and O–H groups in total. The van der Waals surface area contributed by atoms with E-state index in [9.17, 15) is 14.7 Å². The predicted molar refractivity (Wildman–Crippen MR) is 75.2 cm³/mol. The number of hydrogen-bond acceptors (Lipinski definition) is 4. The number of carbonyl (C=O) groups excluding carboxylic acids is 1. The molecule has 0 unspecified atom stereocenters. The highest BCUT2D eigenvalue weighted by Gasteiger charge is 2.11. The Morgan fingerprint density at radius 1 is 1.19 bits per heavy atom. The first-order chi connectivity index (χ1) is 10.1. The fraction of sp³-hybridized carbons (Fsp3) is 0.0714. The summed E-state index contributed by atoms with van der Waals surface area (Å²) in [5.74, 6) is -1.63. The van der Waals surface area contributed by atoms with Gasteiger partial charge in [0.05, 0.1) is 12.2 Å². The zero-order chi connectivity index (χ0) is 15.2. The zero-order valence-corrected chi connectivity index (χ0v) is 10.9. The number of aromatic hydroxyl groups is 1. The molecule has 7 nitrogen and oxygen atoms in total. The van der Waals surface area contributed by atoms with Crippen molar-refractivity contribution in [3.63, 3.8) is 0 Å². The van der Waals surface area contributed by atoms with Crippen molar-refractivity contribution in [1.29, 1.82) is 0 Å². The Balaban J connectivity index is 1.97. The quantitative estimate of drug-likeness (QED) is 0.641. The van der Waals surface area contributed by atoms with Crippen LogP contribution in [0.2, 0.25) is 0 Å². The summed E-state index contributed by atoms with van der Waals surface area (Å²) in [4.78, 5) is 26.6. The number of aromatic nitrogens is 1. The van der Waals surface area contributed by atoms with Gasteiger partial charge in [-0.2, -0.15) is 0 Å². The van der Waals surface area contributed by atoms with Gasteiger partial charge in [0.25, 0.3) is 0 Å². The van der Waals surface area contributed by atoms with Gasteiger partial charge >= 0.3 is 12.0 Å². The second-order valence-electron chi connectivity index (χ2n) is 4.17. The largest absolute Gasteiger partial charge is 0.507 e. The predicted octanol–water partition coefficient (Wildman–Crippen LogP) is 1.81. The molecule has 1 aromatic heterocycles. The number of amides is 2. The van der Waals surface area contributed by atoms with Crippen LogP contribution in [-0.2, 0) is 6.54 Å². The molecule has 0 saturated heterocycles.